The van der Waals surface area contributed by atoms with Crippen molar-refractivity contribution in [3.8, 4) is 22.9 Å². The Morgan fingerprint density at radius 3 is 2.36 bits per heavy atom. The van der Waals surface area contributed by atoms with E-state index in [1.54, 1.807) is 14.2 Å². The minimum atomic E-state index is 0.484. The van der Waals surface area contributed by atoms with Gasteiger partial charge in [-0.1, -0.05) is 0 Å². The molecular formula is C22H26N4O2. The van der Waals surface area contributed by atoms with Gasteiger partial charge in [-0.15, -0.1) is 0 Å². The number of rotatable bonds is 4. The smallest absolute Gasteiger partial charge is 0.159 e. The first-order chi connectivity index (χ1) is 13.6. The summed E-state index contributed by atoms with van der Waals surface area (Å²) in [6, 6.07) is 13.2. The molecule has 6 heteroatoms. The van der Waals surface area contributed by atoms with Crippen LogP contribution in [0.15, 0.2) is 42.6 Å². The number of hydrogen-bond acceptors (Lipinski definition) is 6. The van der Waals surface area contributed by atoms with Gasteiger partial charge in [0.2, 0.25) is 0 Å². The number of benzene rings is 2. The van der Waals surface area contributed by atoms with Gasteiger partial charge in [0, 0.05) is 54.8 Å². The quantitative estimate of drug-likeness (QED) is 0.750. The highest BCUT2D eigenvalue weighted by molar-refractivity contribution is 5.87. The number of ether oxygens (including phenoxy) is 2. The highest BCUT2D eigenvalue weighted by Crippen LogP contribution is 2.31. The normalized spacial score (nSPS) is 19.6. The van der Waals surface area contributed by atoms with Crippen molar-refractivity contribution in [2.75, 3.05) is 32.2 Å². The SMILES string of the molecule is COc1cc(OC)c2cnc(-c3ccc(N4C[C@@H](C)N[C@@H](C)C4)cc3)nc2c1. The summed E-state index contributed by atoms with van der Waals surface area (Å²) >= 11 is 0. The first kappa shape index (κ1) is 18.5. The Bertz CT molecular complexity index is 964. The largest absolute Gasteiger partial charge is 0.497 e. The van der Waals surface area contributed by atoms with Crippen LogP contribution in [0.1, 0.15) is 13.8 Å². The number of aromatic nitrogens is 2. The fourth-order valence-electron chi connectivity index (χ4n) is 3.86. The van der Waals surface area contributed by atoms with Crippen LogP contribution in [0.5, 0.6) is 11.5 Å². The van der Waals surface area contributed by atoms with Gasteiger partial charge in [-0.3, -0.25) is 0 Å². The number of hydrogen-bond donors (Lipinski definition) is 1. The zero-order chi connectivity index (χ0) is 19.7. The summed E-state index contributed by atoms with van der Waals surface area (Å²) in [7, 11) is 3.28. The van der Waals surface area contributed by atoms with E-state index in [-0.39, 0.29) is 0 Å². The van der Waals surface area contributed by atoms with Crippen LogP contribution in [0, 0.1) is 0 Å². The molecule has 1 aliphatic heterocycles. The Balaban J connectivity index is 1.64. The van der Waals surface area contributed by atoms with E-state index < -0.39 is 0 Å². The van der Waals surface area contributed by atoms with Crippen LogP contribution >= 0.6 is 0 Å². The average molecular weight is 378 g/mol. The number of fused-ring (bicyclic) bond motifs is 1. The van der Waals surface area contributed by atoms with Crippen LogP contribution in [0.25, 0.3) is 22.3 Å². The second kappa shape index (κ2) is 7.64. The van der Waals surface area contributed by atoms with E-state index in [2.05, 4.69) is 53.3 Å². The zero-order valence-corrected chi connectivity index (χ0v) is 16.8. The molecule has 4 rings (SSSR count). The fourth-order valence-corrected chi connectivity index (χ4v) is 3.86. The van der Waals surface area contributed by atoms with Gasteiger partial charge >= 0.3 is 0 Å². The molecule has 6 nitrogen and oxygen atoms in total. The van der Waals surface area contributed by atoms with E-state index in [1.165, 1.54) is 5.69 Å². The van der Waals surface area contributed by atoms with E-state index in [9.17, 15) is 0 Å². The minimum absolute atomic E-state index is 0.484. The van der Waals surface area contributed by atoms with Crippen molar-refractivity contribution in [3.05, 3.63) is 42.6 Å². The first-order valence-corrected chi connectivity index (χ1v) is 9.57. The number of anilines is 1. The van der Waals surface area contributed by atoms with E-state index >= 15 is 0 Å². The van der Waals surface area contributed by atoms with Gasteiger partial charge < -0.3 is 19.7 Å². The summed E-state index contributed by atoms with van der Waals surface area (Å²) in [4.78, 5) is 11.7. The molecule has 1 N–H and O–H groups in total. The van der Waals surface area contributed by atoms with Gasteiger partial charge in [0.05, 0.1) is 25.1 Å². The summed E-state index contributed by atoms with van der Waals surface area (Å²) in [6.45, 7) is 6.47. The second-order valence-corrected chi connectivity index (χ2v) is 7.38. The molecule has 0 unspecified atom stereocenters. The maximum atomic E-state index is 5.45. The summed E-state index contributed by atoms with van der Waals surface area (Å²) in [5.74, 6) is 2.11. The van der Waals surface area contributed by atoms with E-state index in [0.29, 0.717) is 29.4 Å². The Kier molecular flexibility index (Phi) is 5.05. The monoisotopic (exact) mass is 378 g/mol. The Morgan fingerprint density at radius 1 is 1.00 bits per heavy atom. The predicted octanol–water partition coefficient (Wildman–Crippen LogP) is 3.50. The molecule has 146 valence electrons. The van der Waals surface area contributed by atoms with Gasteiger partial charge in [0.1, 0.15) is 11.5 Å². The van der Waals surface area contributed by atoms with Crippen molar-refractivity contribution in [3.63, 3.8) is 0 Å². The van der Waals surface area contributed by atoms with Gasteiger partial charge in [0.15, 0.2) is 5.82 Å². The molecular weight excluding hydrogens is 352 g/mol. The molecule has 0 spiro atoms. The van der Waals surface area contributed by atoms with Crippen molar-refractivity contribution >= 4 is 16.6 Å². The van der Waals surface area contributed by atoms with Crippen LogP contribution in [-0.2, 0) is 0 Å². The Morgan fingerprint density at radius 2 is 1.71 bits per heavy atom. The lowest BCUT2D eigenvalue weighted by Crippen LogP contribution is -2.54. The Hall–Kier alpha value is -2.86. The molecule has 1 aliphatic rings. The van der Waals surface area contributed by atoms with Gasteiger partial charge in [0.25, 0.3) is 0 Å². The van der Waals surface area contributed by atoms with Gasteiger partial charge in [-0.2, -0.15) is 0 Å². The third kappa shape index (κ3) is 3.60. The molecule has 1 saturated heterocycles. The topological polar surface area (TPSA) is 59.5 Å². The van der Waals surface area contributed by atoms with Gasteiger partial charge in [-0.05, 0) is 38.1 Å². The molecule has 2 atom stereocenters. The van der Waals surface area contributed by atoms with E-state index in [4.69, 9.17) is 14.5 Å². The fraction of sp³-hybridized carbons (Fsp3) is 0.364. The Labute approximate surface area is 165 Å². The molecule has 1 fully saturated rings. The third-order valence-electron chi connectivity index (χ3n) is 5.14. The molecule has 2 heterocycles. The number of nitrogens with zero attached hydrogens (tertiary/aromatic N) is 3. The number of nitrogens with one attached hydrogen (secondary N) is 1. The molecule has 0 amide bonds. The lowest BCUT2D eigenvalue weighted by molar-refractivity contribution is 0.397. The molecule has 0 bridgehead atoms. The summed E-state index contributed by atoms with van der Waals surface area (Å²) in [5, 5.41) is 4.44. The standard InChI is InChI=1S/C22H26N4O2/c1-14-12-26(13-15(2)24-14)17-7-5-16(6-8-17)22-23-11-19-20(25-22)9-18(27-3)10-21(19)28-4/h5-11,14-15,24H,12-13H2,1-4H3/t14-,15+. The highest BCUT2D eigenvalue weighted by Gasteiger charge is 2.21. The summed E-state index contributed by atoms with van der Waals surface area (Å²) in [5.41, 5.74) is 3.02. The van der Waals surface area contributed by atoms with Crippen LogP contribution in [0.4, 0.5) is 5.69 Å². The number of methoxy groups -OCH3 is 2. The van der Waals surface area contributed by atoms with Crippen molar-refractivity contribution in [2.45, 2.75) is 25.9 Å². The van der Waals surface area contributed by atoms with Crippen molar-refractivity contribution < 1.29 is 9.47 Å². The highest BCUT2D eigenvalue weighted by atomic mass is 16.5. The maximum Gasteiger partial charge on any atom is 0.159 e. The van der Waals surface area contributed by atoms with E-state index in [1.807, 2.05) is 18.3 Å². The van der Waals surface area contributed by atoms with Gasteiger partial charge in [-0.25, -0.2) is 9.97 Å². The predicted molar refractivity (Wildman–Crippen MR) is 112 cm³/mol. The third-order valence-corrected chi connectivity index (χ3v) is 5.14. The summed E-state index contributed by atoms with van der Waals surface area (Å²) < 4.78 is 10.8. The summed E-state index contributed by atoms with van der Waals surface area (Å²) in [6.07, 6.45) is 1.81. The van der Waals surface area contributed by atoms with Crippen molar-refractivity contribution in [2.24, 2.45) is 0 Å². The lowest BCUT2D eigenvalue weighted by Gasteiger charge is -2.37. The van der Waals surface area contributed by atoms with Crippen LogP contribution in [-0.4, -0.2) is 49.4 Å². The molecule has 0 saturated carbocycles. The van der Waals surface area contributed by atoms with Crippen LogP contribution in [0.3, 0.4) is 0 Å². The lowest BCUT2D eigenvalue weighted by atomic mass is 10.1. The maximum absolute atomic E-state index is 5.45. The minimum Gasteiger partial charge on any atom is -0.497 e. The molecule has 0 aliphatic carbocycles. The van der Waals surface area contributed by atoms with Crippen LogP contribution < -0.4 is 19.7 Å². The molecule has 1 aromatic heterocycles. The van der Waals surface area contributed by atoms with Crippen molar-refractivity contribution in [1.29, 1.82) is 0 Å². The van der Waals surface area contributed by atoms with Crippen molar-refractivity contribution in [1.82, 2.24) is 15.3 Å². The second-order valence-electron chi connectivity index (χ2n) is 7.38. The van der Waals surface area contributed by atoms with E-state index in [0.717, 1.165) is 29.6 Å². The first-order valence-electron chi connectivity index (χ1n) is 9.57. The zero-order valence-electron chi connectivity index (χ0n) is 16.8. The molecule has 28 heavy (non-hydrogen) atoms. The average Bonchev–Trinajstić information content (AvgIpc) is 2.71. The molecule has 3 aromatic rings. The molecule has 0 radical (unpaired) electrons. The van der Waals surface area contributed by atoms with Crippen LogP contribution in [0.2, 0.25) is 0 Å². The molecule has 2 aromatic carbocycles. The number of piperazine rings is 1.